The van der Waals surface area contributed by atoms with Crippen molar-refractivity contribution in [3.05, 3.63) is 36.2 Å². The van der Waals surface area contributed by atoms with Crippen molar-refractivity contribution in [1.82, 2.24) is 9.97 Å². The van der Waals surface area contributed by atoms with Crippen LogP contribution in [0.1, 0.15) is 25.8 Å². The minimum absolute atomic E-state index is 0.451. The number of nitrogens with zero attached hydrogens (tertiary/aromatic N) is 3. The maximum Gasteiger partial charge on any atom is 0.242 e. The summed E-state index contributed by atoms with van der Waals surface area (Å²) in [6.07, 6.45) is 2.40. The Balaban J connectivity index is 2.35. The second-order valence-electron chi connectivity index (χ2n) is 4.84. The van der Waals surface area contributed by atoms with Gasteiger partial charge < -0.3 is 15.4 Å². The summed E-state index contributed by atoms with van der Waals surface area (Å²) in [5.74, 6) is 1.13. The van der Waals surface area contributed by atoms with Crippen molar-refractivity contribution in [3.8, 4) is 5.88 Å². The van der Waals surface area contributed by atoms with Crippen LogP contribution in [0.3, 0.4) is 0 Å². The van der Waals surface area contributed by atoms with E-state index in [-0.39, 0.29) is 0 Å². The largest absolute Gasteiger partial charge is 0.476 e. The van der Waals surface area contributed by atoms with Gasteiger partial charge in [-0.2, -0.15) is 4.98 Å². The summed E-state index contributed by atoms with van der Waals surface area (Å²) < 4.78 is 5.57. The van der Waals surface area contributed by atoms with Gasteiger partial charge in [0.1, 0.15) is 12.0 Å². The number of aryl methyl sites for hydroxylation is 1. The molecule has 112 valence electrons. The topological polar surface area (TPSA) is 64.3 Å². The highest BCUT2D eigenvalue weighted by Crippen LogP contribution is 2.32. The van der Waals surface area contributed by atoms with Crippen molar-refractivity contribution in [1.29, 1.82) is 0 Å². The van der Waals surface area contributed by atoms with E-state index < -0.39 is 0 Å². The molecule has 2 N–H and O–H groups in total. The van der Waals surface area contributed by atoms with E-state index in [2.05, 4.69) is 53.0 Å². The van der Waals surface area contributed by atoms with Crippen LogP contribution in [-0.4, -0.2) is 23.1 Å². The van der Waals surface area contributed by atoms with Crippen molar-refractivity contribution < 1.29 is 4.74 Å². The molecule has 0 aliphatic heterocycles. The van der Waals surface area contributed by atoms with Gasteiger partial charge in [-0.1, -0.05) is 24.6 Å². The fourth-order valence-corrected chi connectivity index (χ4v) is 2.08. The van der Waals surface area contributed by atoms with Gasteiger partial charge in [-0.15, -0.1) is 0 Å². The number of hydrogen-bond acceptors (Lipinski definition) is 5. The molecule has 0 aliphatic carbocycles. The highest BCUT2D eigenvalue weighted by Gasteiger charge is 2.16. The summed E-state index contributed by atoms with van der Waals surface area (Å²) in [5, 5.41) is 0. The smallest absolute Gasteiger partial charge is 0.242 e. The lowest BCUT2D eigenvalue weighted by Crippen LogP contribution is -2.19. The quantitative estimate of drug-likeness (QED) is 0.882. The summed E-state index contributed by atoms with van der Waals surface area (Å²) in [7, 11) is 0. The molecular formula is C16H22N4O. The Kier molecular flexibility index (Phi) is 4.98. The van der Waals surface area contributed by atoms with Crippen LogP contribution in [0.25, 0.3) is 0 Å². The summed E-state index contributed by atoms with van der Waals surface area (Å²) in [6, 6.07) is 8.27. The lowest BCUT2D eigenvalue weighted by molar-refractivity contribution is 0.306. The maximum absolute atomic E-state index is 6.18. The zero-order chi connectivity index (χ0) is 15.2. The van der Waals surface area contributed by atoms with E-state index in [1.54, 1.807) is 0 Å². The van der Waals surface area contributed by atoms with E-state index in [0.29, 0.717) is 24.0 Å². The third kappa shape index (κ3) is 3.42. The SMILES string of the molecule is CCCOc1ncnc(N(CC)c2ccc(C)cc2)c1N. The van der Waals surface area contributed by atoms with Crippen LogP contribution >= 0.6 is 0 Å². The minimum atomic E-state index is 0.451. The average molecular weight is 286 g/mol. The highest BCUT2D eigenvalue weighted by atomic mass is 16.5. The van der Waals surface area contributed by atoms with Crippen LogP contribution in [0.2, 0.25) is 0 Å². The molecular weight excluding hydrogens is 264 g/mol. The van der Waals surface area contributed by atoms with Gasteiger partial charge >= 0.3 is 0 Å². The molecule has 0 atom stereocenters. The van der Waals surface area contributed by atoms with Gasteiger partial charge in [-0.25, -0.2) is 4.98 Å². The Bertz CT molecular complexity index is 583. The second-order valence-corrected chi connectivity index (χ2v) is 4.84. The first-order valence-electron chi connectivity index (χ1n) is 7.24. The summed E-state index contributed by atoms with van der Waals surface area (Å²) in [4.78, 5) is 10.5. The summed E-state index contributed by atoms with van der Waals surface area (Å²) in [6.45, 7) is 7.53. The lowest BCUT2D eigenvalue weighted by Gasteiger charge is -2.24. The predicted octanol–water partition coefficient (Wildman–Crippen LogP) is 3.31. The zero-order valence-corrected chi connectivity index (χ0v) is 12.8. The molecule has 0 aliphatic rings. The summed E-state index contributed by atoms with van der Waals surface area (Å²) >= 11 is 0. The molecule has 1 aromatic carbocycles. The number of benzene rings is 1. The van der Waals surface area contributed by atoms with E-state index >= 15 is 0 Å². The monoisotopic (exact) mass is 286 g/mol. The van der Waals surface area contributed by atoms with Gasteiger partial charge in [0, 0.05) is 12.2 Å². The fourth-order valence-electron chi connectivity index (χ4n) is 2.08. The van der Waals surface area contributed by atoms with E-state index in [0.717, 1.165) is 18.7 Å². The Morgan fingerprint density at radius 2 is 1.86 bits per heavy atom. The number of nitrogen functional groups attached to an aromatic ring is 1. The van der Waals surface area contributed by atoms with Crippen LogP contribution < -0.4 is 15.4 Å². The van der Waals surface area contributed by atoms with Crippen LogP contribution in [-0.2, 0) is 0 Å². The zero-order valence-electron chi connectivity index (χ0n) is 12.8. The van der Waals surface area contributed by atoms with Gasteiger partial charge in [0.15, 0.2) is 5.82 Å². The molecule has 0 amide bonds. The first-order chi connectivity index (χ1) is 10.2. The van der Waals surface area contributed by atoms with Gasteiger partial charge in [0.2, 0.25) is 5.88 Å². The van der Waals surface area contributed by atoms with Crippen LogP contribution in [0.4, 0.5) is 17.2 Å². The highest BCUT2D eigenvalue weighted by molar-refractivity contribution is 5.74. The minimum Gasteiger partial charge on any atom is -0.476 e. The molecule has 0 saturated heterocycles. The predicted molar refractivity (Wildman–Crippen MR) is 86.1 cm³/mol. The first kappa shape index (κ1) is 15.1. The lowest BCUT2D eigenvalue weighted by atomic mass is 10.2. The maximum atomic E-state index is 6.18. The number of hydrogen-bond donors (Lipinski definition) is 1. The number of aromatic nitrogens is 2. The molecule has 0 spiro atoms. The van der Waals surface area contributed by atoms with Crippen LogP contribution in [0.5, 0.6) is 5.88 Å². The van der Waals surface area contributed by atoms with E-state index in [9.17, 15) is 0 Å². The molecule has 5 nitrogen and oxygen atoms in total. The standard InChI is InChI=1S/C16H22N4O/c1-4-10-21-16-14(17)15(18-11-19-16)20(5-2)13-8-6-12(3)7-9-13/h6-9,11H,4-5,10,17H2,1-3H3. The van der Waals surface area contributed by atoms with Gasteiger partial charge in [-0.05, 0) is 32.4 Å². The van der Waals surface area contributed by atoms with Crippen molar-refractivity contribution in [2.45, 2.75) is 27.2 Å². The normalized spacial score (nSPS) is 10.4. The Morgan fingerprint density at radius 3 is 2.48 bits per heavy atom. The molecule has 21 heavy (non-hydrogen) atoms. The van der Waals surface area contributed by atoms with Crippen molar-refractivity contribution in [2.24, 2.45) is 0 Å². The number of nitrogens with two attached hydrogens (primary N) is 1. The first-order valence-corrected chi connectivity index (χ1v) is 7.24. The Labute approximate surface area is 125 Å². The number of rotatable bonds is 6. The van der Waals surface area contributed by atoms with Crippen LogP contribution in [0.15, 0.2) is 30.6 Å². The number of ether oxygens (including phenoxy) is 1. The second kappa shape index (κ2) is 6.92. The Hall–Kier alpha value is -2.30. The summed E-state index contributed by atoms with van der Waals surface area (Å²) in [5.41, 5.74) is 8.93. The molecule has 0 saturated carbocycles. The molecule has 0 fully saturated rings. The Morgan fingerprint density at radius 1 is 1.14 bits per heavy atom. The molecule has 5 heteroatoms. The van der Waals surface area contributed by atoms with Gasteiger partial charge in [-0.3, -0.25) is 0 Å². The molecule has 1 aromatic heterocycles. The van der Waals surface area contributed by atoms with Crippen molar-refractivity contribution in [3.63, 3.8) is 0 Å². The molecule has 2 aromatic rings. The molecule has 0 radical (unpaired) electrons. The van der Waals surface area contributed by atoms with Crippen LogP contribution in [0, 0.1) is 6.92 Å². The van der Waals surface area contributed by atoms with Gasteiger partial charge in [0.25, 0.3) is 0 Å². The number of anilines is 3. The van der Waals surface area contributed by atoms with E-state index in [1.165, 1.54) is 11.9 Å². The molecule has 0 bridgehead atoms. The van der Waals surface area contributed by atoms with Gasteiger partial charge in [0.05, 0.1) is 6.61 Å². The average Bonchev–Trinajstić information content (AvgIpc) is 2.50. The molecule has 0 unspecified atom stereocenters. The van der Waals surface area contributed by atoms with E-state index in [1.807, 2.05) is 6.92 Å². The van der Waals surface area contributed by atoms with E-state index in [4.69, 9.17) is 10.5 Å². The molecule has 2 rings (SSSR count). The molecule has 1 heterocycles. The van der Waals surface area contributed by atoms with Crippen molar-refractivity contribution in [2.75, 3.05) is 23.8 Å². The van der Waals surface area contributed by atoms with Crippen molar-refractivity contribution >= 4 is 17.2 Å². The third-order valence-electron chi connectivity index (χ3n) is 3.19. The fraction of sp³-hybridized carbons (Fsp3) is 0.375. The third-order valence-corrected chi connectivity index (χ3v) is 3.19.